The van der Waals surface area contributed by atoms with E-state index in [0.29, 0.717) is 23.1 Å². The van der Waals surface area contributed by atoms with Crippen LogP contribution in [0.1, 0.15) is 0 Å². The second kappa shape index (κ2) is 15.0. The zero-order chi connectivity index (χ0) is 45.9. The topological polar surface area (TPSA) is 83.0 Å². The van der Waals surface area contributed by atoms with Gasteiger partial charge in [0.15, 0.2) is 17.5 Å². The van der Waals surface area contributed by atoms with Crippen molar-refractivity contribution in [2.45, 2.75) is 0 Å². The molecule has 5 aromatic heterocycles. The van der Waals surface area contributed by atoms with Gasteiger partial charge in [0, 0.05) is 65.5 Å². The molecule has 0 amide bonds. The predicted molar refractivity (Wildman–Crippen MR) is 283 cm³/mol. The minimum absolute atomic E-state index is 0.495. The number of hydrogen-bond donors (Lipinski definition) is 0. The number of fused-ring (bicyclic) bond motifs is 12. The number of para-hydroxylation sites is 5. The van der Waals surface area contributed by atoms with Crippen LogP contribution in [-0.4, -0.2) is 19.5 Å². The van der Waals surface area contributed by atoms with Crippen LogP contribution in [-0.2, 0) is 0 Å². The molecule has 0 aliphatic rings. The monoisotopic (exact) mass is 896 g/mol. The second-order valence-electron chi connectivity index (χ2n) is 17.9. The molecule has 15 rings (SSSR count). The molecule has 15 aromatic rings. The smallest absolute Gasteiger partial charge is 0.167 e. The highest BCUT2D eigenvalue weighted by Crippen LogP contribution is 2.42. The van der Waals surface area contributed by atoms with E-state index < -0.39 is 0 Å². The minimum Gasteiger partial charge on any atom is -0.456 e. The van der Waals surface area contributed by atoms with Crippen molar-refractivity contribution in [1.29, 1.82) is 0 Å². The first-order valence-corrected chi connectivity index (χ1v) is 23.4. The quantitative estimate of drug-likeness (QED) is 0.165. The Morgan fingerprint density at radius 2 is 0.800 bits per heavy atom. The van der Waals surface area contributed by atoms with E-state index in [1.165, 1.54) is 27.4 Å². The number of nitrogens with zero attached hydrogens (tertiary/aromatic N) is 4. The maximum Gasteiger partial charge on any atom is 0.167 e. The third-order valence-electron chi connectivity index (χ3n) is 13.9. The second-order valence-corrected chi connectivity index (χ2v) is 17.9. The summed E-state index contributed by atoms with van der Waals surface area (Å²) in [4.78, 5) is 15.5. The summed E-state index contributed by atoms with van der Waals surface area (Å²) in [6.07, 6.45) is 0. The van der Waals surface area contributed by atoms with Gasteiger partial charge in [-0.25, -0.2) is 15.0 Å². The Morgan fingerprint density at radius 3 is 1.49 bits per heavy atom. The Bertz CT molecular complexity index is 4470. The summed E-state index contributed by atoms with van der Waals surface area (Å²) in [7, 11) is 0. The first kappa shape index (κ1) is 38.5. The van der Waals surface area contributed by atoms with Crippen LogP contribution in [0.15, 0.2) is 232 Å². The van der Waals surface area contributed by atoms with Crippen molar-refractivity contribution in [3.63, 3.8) is 0 Å². The van der Waals surface area contributed by atoms with E-state index in [9.17, 15) is 0 Å². The molecular weight excluding hydrogens is 861 g/mol. The van der Waals surface area contributed by atoms with Crippen molar-refractivity contribution in [3.8, 4) is 62.1 Å². The molecule has 10 aromatic carbocycles. The highest BCUT2D eigenvalue weighted by Gasteiger charge is 2.22. The first-order chi connectivity index (χ1) is 34.7. The van der Waals surface area contributed by atoms with Gasteiger partial charge in [0.2, 0.25) is 0 Å². The minimum atomic E-state index is 0.495. The molecule has 0 N–H and O–H groups in total. The third kappa shape index (κ3) is 5.91. The van der Waals surface area contributed by atoms with Crippen LogP contribution in [0, 0.1) is 0 Å². The van der Waals surface area contributed by atoms with Crippen LogP contribution in [0.4, 0.5) is 0 Å². The van der Waals surface area contributed by atoms with Gasteiger partial charge >= 0.3 is 0 Å². The fourth-order valence-corrected chi connectivity index (χ4v) is 10.6. The fourth-order valence-electron chi connectivity index (χ4n) is 10.6. The van der Waals surface area contributed by atoms with Crippen LogP contribution in [0.3, 0.4) is 0 Å². The Balaban J connectivity index is 0.886. The fraction of sp³-hybridized carbons (Fsp3) is 0. The van der Waals surface area contributed by atoms with E-state index in [4.69, 9.17) is 28.2 Å². The van der Waals surface area contributed by atoms with Gasteiger partial charge in [-0.05, 0) is 95.6 Å². The van der Waals surface area contributed by atoms with E-state index in [-0.39, 0.29) is 0 Å². The van der Waals surface area contributed by atoms with Gasteiger partial charge in [0.1, 0.15) is 33.5 Å². The van der Waals surface area contributed by atoms with Crippen molar-refractivity contribution in [1.82, 2.24) is 19.5 Å². The summed E-state index contributed by atoms with van der Waals surface area (Å²) in [6.45, 7) is 0. The molecule has 0 bridgehead atoms. The van der Waals surface area contributed by atoms with E-state index in [2.05, 4.69) is 168 Å². The Kier molecular flexibility index (Phi) is 8.23. The Morgan fingerprint density at radius 1 is 0.286 bits per heavy atom. The Labute approximate surface area is 399 Å². The molecule has 0 radical (unpaired) electrons. The first-order valence-electron chi connectivity index (χ1n) is 23.4. The lowest BCUT2D eigenvalue weighted by molar-refractivity contribution is 0.668. The highest BCUT2D eigenvalue weighted by molar-refractivity contribution is 6.16. The molecule has 0 atom stereocenters. The number of furan rings is 3. The van der Waals surface area contributed by atoms with Gasteiger partial charge in [-0.1, -0.05) is 140 Å². The SMILES string of the molecule is c1ccc(-c2cccc3c4cc(-c5ccc6oc7c(-c8nc(-c9ccc%10c(c9)oc9ccccc9%10)nc(-c9ccc%10c(c9)oc9ccccc9%10)n8)cccc7c6c5)ccc4n(-c4ccccc4)c23)cc1. The average molecular weight is 897 g/mol. The zero-order valence-corrected chi connectivity index (χ0v) is 37.3. The standard InChI is InChI=1S/C63H36N4O3/c1-3-13-37(14-4-1)43-19-11-20-48-51-33-38(27-31-53(51)67(59(43)48)42-15-5-2-6-16-42)39-28-32-56-52(34-39)49-21-12-22-50(60(49)70-56)63-65-61(40-25-29-46-44-17-7-9-23-54(44)68-57(46)35-40)64-62(66-63)41-26-30-47-45-18-8-10-24-55(45)69-58(47)36-41/h1-36H. The summed E-state index contributed by atoms with van der Waals surface area (Å²) in [6, 6.07) is 75.9. The van der Waals surface area contributed by atoms with E-state index in [1.54, 1.807) is 0 Å². The molecule has 7 heteroatoms. The maximum atomic E-state index is 6.80. The predicted octanol–water partition coefficient (Wildman–Crippen LogP) is 17.0. The van der Waals surface area contributed by atoms with Gasteiger partial charge in [0.05, 0.1) is 16.6 Å². The lowest BCUT2D eigenvalue weighted by Crippen LogP contribution is -2.00. The molecule has 0 spiro atoms. The van der Waals surface area contributed by atoms with Crippen LogP contribution >= 0.6 is 0 Å². The van der Waals surface area contributed by atoms with E-state index in [0.717, 1.165) is 99.3 Å². The molecule has 0 aliphatic carbocycles. The largest absolute Gasteiger partial charge is 0.456 e. The van der Waals surface area contributed by atoms with E-state index in [1.807, 2.05) is 54.6 Å². The highest BCUT2D eigenvalue weighted by atomic mass is 16.3. The molecule has 326 valence electrons. The summed E-state index contributed by atoms with van der Waals surface area (Å²) >= 11 is 0. The molecule has 0 aliphatic heterocycles. The van der Waals surface area contributed by atoms with Gasteiger partial charge in [-0.3, -0.25) is 0 Å². The molecule has 5 heterocycles. The van der Waals surface area contributed by atoms with Crippen LogP contribution in [0.5, 0.6) is 0 Å². The van der Waals surface area contributed by atoms with Gasteiger partial charge in [-0.2, -0.15) is 0 Å². The molecule has 7 nitrogen and oxygen atoms in total. The van der Waals surface area contributed by atoms with E-state index >= 15 is 0 Å². The molecule has 0 saturated carbocycles. The molecule has 0 fully saturated rings. The van der Waals surface area contributed by atoms with Gasteiger partial charge in [0.25, 0.3) is 0 Å². The van der Waals surface area contributed by atoms with Crippen molar-refractivity contribution in [3.05, 3.63) is 218 Å². The van der Waals surface area contributed by atoms with Crippen molar-refractivity contribution >= 4 is 87.6 Å². The number of benzene rings is 10. The van der Waals surface area contributed by atoms with Crippen LogP contribution < -0.4 is 0 Å². The number of aromatic nitrogens is 4. The lowest BCUT2D eigenvalue weighted by Gasteiger charge is -2.11. The average Bonchev–Trinajstić information content (AvgIpc) is 4.19. The normalized spacial score (nSPS) is 12.0. The number of rotatable bonds is 6. The third-order valence-corrected chi connectivity index (χ3v) is 13.9. The van der Waals surface area contributed by atoms with Crippen LogP contribution in [0.25, 0.3) is 150 Å². The molecule has 70 heavy (non-hydrogen) atoms. The molecule has 0 unspecified atom stereocenters. The van der Waals surface area contributed by atoms with Crippen molar-refractivity contribution < 1.29 is 13.3 Å². The summed E-state index contributed by atoms with van der Waals surface area (Å²) < 4.78 is 21.9. The number of hydrogen-bond acceptors (Lipinski definition) is 6. The summed E-state index contributed by atoms with van der Waals surface area (Å²) in [5.41, 5.74) is 15.1. The molecular formula is C63H36N4O3. The lowest BCUT2D eigenvalue weighted by atomic mass is 9.99. The van der Waals surface area contributed by atoms with Crippen LogP contribution in [0.2, 0.25) is 0 Å². The van der Waals surface area contributed by atoms with Crippen molar-refractivity contribution in [2.24, 2.45) is 0 Å². The zero-order valence-electron chi connectivity index (χ0n) is 37.3. The summed E-state index contributed by atoms with van der Waals surface area (Å²) in [5.74, 6) is 1.53. The van der Waals surface area contributed by atoms with Crippen molar-refractivity contribution in [2.75, 3.05) is 0 Å². The van der Waals surface area contributed by atoms with Gasteiger partial charge in [-0.15, -0.1) is 0 Å². The maximum absolute atomic E-state index is 6.80. The summed E-state index contributed by atoms with van der Waals surface area (Å²) in [5, 5.41) is 8.56. The molecule has 0 saturated heterocycles. The Hall–Kier alpha value is -9.59. The van der Waals surface area contributed by atoms with Gasteiger partial charge < -0.3 is 17.8 Å².